The zero-order valence-corrected chi connectivity index (χ0v) is 17.4. The summed E-state index contributed by atoms with van der Waals surface area (Å²) in [5.41, 5.74) is 1.46. The van der Waals surface area contributed by atoms with Crippen LogP contribution >= 0.6 is 11.3 Å². The lowest BCUT2D eigenvalue weighted by Crippen LogP contribution is -2.41. The molecular weight excluding hydrogens is 366 g/mol. The molecule has 0 spiro atoms. The lowest BCUT2D eigenvalue weighted by molar-refractivity contribution is -0.132. The number of hydrogen-bond acceptors (Lipinski definition) is 6. The van der Waals surface area contributed by atoms with Gasteiger partial charge in [0.25, 0.3) is 0 Å². The van der Waals surface area contributed by atoms with Crippen LogP contribution in [0.25, 0.3) is 0 Å². The van der Waals surface area contributed by atoms with Crippen LogP contribution < -0.4 is 5.32 Å². The molecule has 1 saturated carbocycles. The van der Waals surface area contributed by atoms with Crippen LogP contribution in [0.3, 0.4) is 0 Å². The summed E-state index contributed by atoms with van der Waals surface area (Å²) in [6, 6.07) is 0. The van der Waals surface area contributed by atoms with Crippen molar-refractivity contribution in [1.29, 1.82) is 0 Å². The minimum atomic E-state index is -0.388. The predicted octanol–water partition coefficient (Wildman–Crippen LogP) is 2.54. The summed E-state index contributed by atoms with van der Waals surface area (Å²) in [6.45, 7) is 7.47. The molecule has 2 rings (SSSR count). The Morgan fingerprint density at radius 1 is 1.19 bits per heavy atom. The molecule has 27 heavy (non-hydrogen) atoms. The van der Waals surface area contributed by atoms with Gasteiger partial charge in [-0.05, 0) is 57.5 Å². The second-order valence-electron chi connectivity index (χ2n) is 6.68. The van der Waals surface area contributed by atoms with Gasteiger partial charge in [-0.1, -0.05) is 0 Å². The van der Waals surface area contributed by atoms with Crippen molar-refractivity contribution >= 4 is 34.1 Å². The molecular formula is C19H29N3O4S. The minimum Gasteiger partial charge on any atom is -0.462 e. The maximum Gasteiger partial charge on any atom is 0.341 e. The van der Waals surface area contributed by atoms with Gasteiger partial charge in [0.15, 0.2) is 0 Å². The molecule has 0 radical (unpaired) electrons. The third-order valence-electron chi connectivity index (χ3n) is 4.50. The van der Waals surface area contributed by atoms with Crippen LogP contribution in [0.15, 0.2) is 5.38 Å². The summed E-state index contributed by atoms with van der Waals surface area (Å²) in [4.78, 5) is 40.3. The van der Waals surface area contributed by atoms with Gasteiger partial charge >= 0.3 is 5.97 Å². The summed E-state index contributed by atoms with van der Waals surface area (Å²) in [6.07, 6.45) is 2.12. The van der Waals surface area contributed by atoms with E-state index in [4.69, 9.17) is 4.74 Å². The summed E-state index contributed by atoms with van der Waals surface area (Å²) in [7, 11) is 1.73. The van der Waals surface area contributed by atoms with Gasteiger partial charge in [0.2, 0.25) is 11.8 Å². The lowest BCUT2D eigenvalue weighted by atomic mass is 10.1. The number of anilines is 1. The Hall–Kier alpha value is -1.93. The van der Waals surface area contributed by atoms with Crippen LogP contribution in [0.2, 0.25) is 0 Å². The second-order valence-corrected chi connectivity index (χ2v) is 7.56. The van der Waals surface area contributed by atoms with E-state index in [0.29, 0.717) is 36.2 Å². The highest BCUT2D eigenvalue weighted by Crippen LogP contribution is 2.46. The largest absolute Gasteiger partial charge is 0.462 e. The smallest absolute Gasteiger partial charge is 0.341 e. The molecule has 0 unspecified atom stereocenters. The van der Waals surface area contributed by atoms with Crippen LogP contribution in [-0.4, -0.2) is 67.4 Å². The lowest BCUT2D eigenvalue weighted by Gasteiger charge is -2.22. The summed E-state index contributed by atoms with van der Waals surface area (Å²) < 4.78 is 5.17. The fourth-order valence-corrected chi connectivity index (χ4v) is 3.99. The minimum absolute atomic E-state index is 0.00495. The van der Waals surface area contributed by atoms with E-state index in [1.807, 2.05) is 19.2 Å². The van der Waals surface area contributed by atoms with Gasteiger partial charge in [-0.25, -0.2) is 4.79 Å². The van der Waals surface area contributed by atoms with E-state index >= 15 is 0 Å². The molecule has 0 aliphatic heterocycles. The molecule has 1 aliphatic rings. The van der Waals surface area contributed by atoms with Gasteiger partial charge in [0, 0.05) is 13.1 Å². The molecule has 1 fully saturated rings. The van der Waals surface area contributed by atoms with Crippen molar-refractivity contribution in [2.24, 2.45) is 0 Å². The Labute approximate surface area is 164 Å². The summed E-state index contributed by atoms with van der Waals surface area (Å²) >= 11 is 1.35. The number of carbonyl (C=O) groups is 3. The number of ether oxygens (including phenoxy) is 1. The van der Waals surface area contributed by atoms with Crippen molar-refractivity contribution in [3.05, 3.63) is 16.5 Å². The number of carbonyl (C=O) groups excluding carboxylic acids is 3. The molecule has 1 N–H and O–H groups in total. The highest BCUT2D eigenvalue weighted by molar-refractivity contribution is 7.15. The number of hydrogen-bond donors (Lipinski definition) is 1. The standard InChI is InChI=1S/C19H29N3O4S/c1-5-22(6-2)16(24)11-21(4)10-15(23)20-18-17(19(25)26-7-3)14(12-27-18)13-8-9-13/h12-13H,5-11H2,1-4H3,(H,20,23). The van der Waals surface area contributed by atoms with Crippen LogP contribution in [-0.2, 0) is 14.3 Å². The first kappa shape index (κ1) is 21.4. The van der Waals surface area contributed by atoms with Gasteiger partial charge in [0.1, 0.15) is 5.00 Å². The third-order valence-corrected chi connectivity index (χ3v) is 5.42. The van der Waals surface area contributed by atoms with Gasteiger partial charge in [-0.3, -0.25) is 14.5 Å². The van der Waals surface area contributed by atoms with E-state index in [1.165, 1.54) is 11.3 Å². The molecule has 1 aliphatic carbocycles. The molecule has 1 aromatic heterocycles. The Morgan fingerprint density at radius 3 is 2.41 bits per heavy atom. The molecule has 0 atom stereocenters. The van der Waals surface area contributed by atoms with Crippen molar-refractivity contribution in [1.82, 2.24) is 9.80 Å². The van der Waals surface area contributed by atoms with Crippen molar-refractivity contribution < 1.29 is 19.1 Å². The summed E-state index contributed by atoms with van der Waals surface area (Å²) in [5, 5.41) is 5.30. The Kier molecular flexibility index (Phi) is 7.79. The van der Waals surface area contributed by atoms with E-state index in [9.17, 15) is 14.4 Å². The van der Waals surface area contributed by atoms with E-state index in [0.717, 1.165) is 18.4 Å². The maximum atomic E-state index is 12.4. The molecule has 0 aromatic carbocycles. The SMILES string of the molecule is CCOC(=O)c1c(C2CC2)csc1NC(=O)CN(C)CC(=O)N(CC)CC. The van der Waals surface area contributed by atoms with Crippen molar-refractivity contribution in [3.63, 3.8) is 0 Å². The van der Waals surface area contributed by atoms with Crippen LogP contribution in [0.1, 0.15) is 55.5 Å². The third kappa shape index (κ3) is 5.77. The number of nitrogens with zero attached hydrogens (tertiary/aromatic N) is 2. The van der Waals surface area contributed by atoms with Crippen LogP contribution in [0.5, 0.6) is 0 Å². The molecule has 1 heterocycles. The zero-order valence-electron chi connectivity index (χ0n) is 16.5. The predicted molar refractivity (Wildman–Crippen MR) is 106 cm³/mol. The highest BCUT2D eigenvalue weighted by atomic mass is 32.1. The van der Waals surface area contributed by atoms with Gasteiger partial charge < -0.3 is 15.0 Å². The van der Waals surface area contributed by atoms with Crippen LogP contribution in [0.4, 0.5) is 5.00 Å². The average molecular weight is 396 g/mol. The normalized spacial score (nSPS) is 13.5. The molecule has 8 heteroatoms. The second kappa shape index (κ2) is 9.85. The monoisotopic (exact) mass is 395 g/mol. The van der Waals surface area contributed by atoms with E-state index in [1.54, 1.807) is 23.8 Å². The number of amides is 2. The number of nitrogens with one attached hydrogen (secondary N) is 1. The summed E-state index contributed by atoms with van der Waals surface area (Å²) in [5.74, 6) is -0.254. The molecule has 0 saturated heterocycles. The van der Waals surface area contributed by atoms with Gasteiger partial charge in [-0.2, -0.15) is 0 Å². The maximum absolute atomic E-state index is 12.4. The fraction of sp³-hybridized carbons (Fsp3) is 0.632. The van der Waals surface area contributed by atoms with Crippen LogP contribution in [0, 0.1) is 0 Å². The highest BCUT2D eigenvalue weighted by Gasteiger charge is 2.32. The van der Waals surface area contributed by atoms with Crippen molar-refractivity contribution in [3.8, 4) is 0 Å². The first-order valence-corrected chi connectivity index (χ1v) is 10.3. The van der Waals surface area contributed by atoms with Gasteiger partial charge in [-0.15, -0.1) is 11.3 Å². The molecule has 2 amide bonds. The molecule has 150 valence electrons. The number of esters is 1. The number of likely N-dealkylation sites (N-methyl/N-ethyl adjacent to an activating group) is 2. The van der Waals surface area contributed by atoms with Gasteiger partial charge in [0.05, 0.1) is 25.3 Å². The Balaban J connectivity index is 1.99. The topological polar surface area (TPSA) is 79.0 Å². The molecule has 0 bridgehead atoms. The average Bonchev–Trinajstić information content (AvgIpc) is 3.36. The number of rotatable bonds is 10. The zero-order chi connectivity index (χ0) is 20.0. The fourth-order valence-electron chi connectivity index (χ4n) is 2.95. The van der Waals surface area contributed by atoms with Crippen molar-refractivity contribution in [2.75, 3.05) is 45.2 Å². The first-order chi connectivity index (χ1) is 12.9. The Morgan fingerprint density at radius 2 is 1.85 bits per heavy atom. The van der Waals surface area contributed by atoms with E-state index < -0.39 is 0 Å². The number of thiophene rings is 1. The van der Waals surface area contributed by atoms with Crippen molar-refractivity contribution in [2.45, 2.75) is 39.5 Å². The molecule has 7 nitrogen and oxygen atoms in total. The Bertz CT molecular complexity index is 680. The quantitative estimate of drug-likeness (QED) is 0.616. The molecule has 1 aromatic rings. The van der Waals surface area contributed by atoms with E-state index in [-0.39, 0.29) is 30.9 Å². The first-order valence-electron chi connectivity index (χ1n) is 9.45. The van der Waals surface area contributed by atoms with E-state index in [2.05, 4.69) is 5.32 Å².